The quantitative estimate of drug-likeness (QED) is 0.651. The van der Waals surface area contributed by atoms with Crippen LogP contribution in [0.25, 0.3) is 17.2 Å². The first kappa shape index (κ1) is 19.0. The summed E-state index contributed by atoms with van der Waals surface area (Å²) in [6.45, 7) is 4.81. The number of imidazole rings is 1. The van der Waals surface area contributed by atoms with Crippen molar-refractivity contribution in [3.63, 3.8) is 0 Å². The number of ether oxygens (including phenoxy) is 1. The van der Waals surface area contributed by atoms with Gasteiger partial charge in [-0.15, -0.1) is 0 Å². The summed E-state index contributed by atoms with van der Waals surface area (Å²) in [6, 6.07) is 5.99. The maximum Gasteiger partial charge on any atom is 0.290 e. The molecular weight excluding hydrogens is 348 g/mol. The van der Waals surface area contributed by atoms with Crippen molar-refractivity contribution in [1.29, 1.82) is 0 Å². The lowest BCUT2D eigenvalue weighted by molar-refractivity contribution is -0.122. The van der Waals surface area contributed by atoms with E-state index in [1.54, 1.807) is 13.4 Å². The fourth-order valence-corrected chi connectivity index (χ4v) is 3.47. The van der Waals surface area contributed by atoms with Crippen molar-refractivity contribution in [2.45, 2.75) is 13.0 Å². The second kappa shape index (κ2) is 9.24. The van der Waals surface area contributed by atoms with Crippen LogP contribution < -0.4 is 0 Å². The van der Waals surface area contributed by atoms with Crippen LogP contribution in [0.1, 0.15) is 6.42 Å². The molecule has 27 heavy (non-hydrogen) atoms. The number of likely N-dealkylation sites (tertiary alicyclic amines) is 1. The van der Waals surface area contributed by atoms with Gasteiger partial charge in [0.15, 0.2) is 11.5 Å². The molecule has 1 saturated heterocycles. The van der Waals surface area contributed by atoms with Gasteiger partial charge in [-0.2, -0.15) is 5.10 Å². The zero-order chi connectivity index (χ0) is 19.1. The monoisotopic (exact) mass is 372 g/mol. The van der Waals surface area contributed by atoms with Crippen LogP contribution in [-0.2, 0) is 16.1 Å². The van der Waals surface area contributed by atoms with Crippen LogP contribution in [-0.4, -0.2) is 74.0 Å². The van der Waals surface area contributed by atoms with Crippen molar-refractivity contribution in [3.8, 4) is 11.5 Å². The van der Waals surface area contributed by atoms with Gasteiger partial charge in [-0.25, -0.2) is 14.5 Å². The largest absolute Gasteiger partial charge is 0.483 e. The number of methoxy groups -OCH3 is 1. The highest BCUT2D eigenvalue weighted by molar-refractivity contribution is 5.56. The Bertz CT molecular complexity index is 862. The van der Waals surface area contributed by atoms with Crippen molar-refractivity contribution in [3.05, 3.63) is 36.9 Å². The Balaban J connectivity index is 0.000000659. The molecule has 4 rings (SSSR count). The second-order valence-electron chi connectivity index (χ2n) is 6.40. The van der Waals surface area contributed by atoms with E-state index in [4.69, 9.17) is 14.6 Å². The van der Waals surface area contributed by atoms with E-state index in [9.17, 15) is 0 Å². The maximum atomic E-state index is 8.36. The molecule has 0 spiro atoms. The van der Waals surface area contributed by atoms with Crippen molar-refractivity contribution in [2.75, 3.05) is 33.4 Å². The number of hydrogen-bond donors (Lipinski definition) is 1. The number of aromatic nitrogens is 5. The Morgan fingerprint density at radius 2 is 2.22 bits per heavy atom. The molecule has 9 nitrogen and oxygen atoms in total. The summed E-state index contributed by atoms with van der Waals surface area (Å²) < 4.78 is 9.27. The van der Waals surface area contributed by atoms with Gasteiger partial charge in [0.25, 0.3) is 6.47 Å². The zero-order valence-electron chi connectivity index (χ0n) is 15.3. The molecule has 0 aromatic carbocycles. The molecule has 0 saturated carbocycles. The summed E-state index contributed by atoms with van der Waals surface area (Å²) in [5, 5.41) is 11.2. The average Bonchev–Trinajstić information content (AvgIpc) is 3.41. The second-order valence-corrected chi connectivity index (χ2v) is 6.40. The third-order valence-electron chi connectivity index (χ3n) is 4.68. The topological polar surface area (TPSA) is 97.8 Å². The Morgan fingerprint density at radius 1 is 1.37 bits per heavy atom. The minimum absolute atomic E-state index is 0.250. The Labute approximate surface area is 157 Å². The summed E-state index contributed by atoms with van der Waals surface area (Å²) >= 11 is 0. The SMILES string of the molecule is COCCN1CCC(Cn2ccnc2-c2cccc3ncnn23)C1.O=CO. The molecule has 1 fully saturated rings. The maximum absolute atomic E-state index is 8.36. The molecule has 1 unspecified atom stereocenters. The fraction of sp³-hybridized carbons (Fsp3) is 0.444. The molecule has 3 aromatic heterocycles. The van der Waals surface area contributed by atoms with E-state index in [0.717, 1.165) is 50.0 Å². The molecule has 0 amide bonds. The number of carboxylic acid groups (broad SMARTS) is 1. The smallest absolute Gasteiger partial charge is 0.290 e. The van der Waals surface area contributed by atoms with Gasteiger partial charge in [0.1, 0.15) is 12.0 Å². The number of pyridine rings is 1. The first-order chi connectivity index (χ1) is 13.3. The van der Waals surface area contributed by atoms with Crippen molar-refractivity contribution < 1.29 is 14.6 Å². The molecule has 4 heterocycles. The highest BCUT2D eigenvalue weighted by atomic mass is 16.5. The first-order valence-electron chi connectivity index (χ1n) is 8.86. The minimum atomic E-state index is -0.250. The van der Waals surface area contributed by atoms with Gasteiger partial charge in [0, 0.05) is 39.1 Å². The molecule has 0 aliphatic carbocycles. The average molecular weight is 372 g/mol. The fourth-order valence-electron chi connectivity index (χ4n) is 3.47. The van der Waals surface area contributed by atoms with Crippen LogP contribution in [0, 0.1) is 5.92 Å². The van der Waals surface area contributed by atoms with Crippen LogP contribution in [0.5, 0.6) is 0 Å². The van der Waals surface area contributed by atoms with Crippen molar-refractivity contribution >= 4 is 12.1 Å². The van der Waals surface area contributed by atoms with Crippen LogP contribution in [0.3, 0.4) is 0 Å². The van der Waals surface area contributed by atoms with Gasteiger partial charge in [-0.3, -0.25) is 4.79 Å². The summed E-state index contributed by atoms with van der Waals surface area (Å²) in [6.07, 6.45) is 6.72. The van der Waals surface area contributed by atoms with Gasteiger partial charge in [0.2, 0.25) is 0 Å². The van der Waals surface area contributed by atoms with Crippen LogP contribution in [0.15, 0.2) is 36.9 Å². The van der Waals surface area contributed by atoms with E-state index < -0.39 is 0 Å². The summed E-state index contributed by atoms with van der Waals surface area (Å²) in [5.41, 5.74) is 1.82. The molecular formula is C18H24N6O3. The number of fused-ring (bicyclic) bond motifs is 1. The number of nitrogens with zero attached hydrogens (tertiary/aromatic N) is 6. The van der Waals surface area contributed by atoms with Crippen LogP contribution in [0.2, 0.25) is 0 Å². The molecule has 1 aliphatic heterocycles. The van der Waals surface area contributed by atoms with Crippen molar-refractivity contribution in [2.24, 2.45) is 5.92 Å². The lowest BCUT2D eigenvalue weighted by Gasteiger charge is -2.16. The lowest BCUT2D eigenvalue weighted by atomic mass is 10.1. The Morgan fingerprint density at radius 3 is 3.04 bits per heavy atom. The van der Waals surface area contributed by atoms with E-state index in [1.165, 1.54) is 6.42 Å². The lowest BCUT2D eigenvalue weighted by Crippen LogP contribution is -2.25. The Hall–Kier alpha value is -2.78. The predicted octanol–water partition coefficient (Wildman–Crippen LogP) is 1.26. The predicted molar refractivity (Wildman–Crippen MR) is 99.3 cm³/mol. The molecule has 1 aliphatic rings. The van der Waals surface area contributed by atoms with Gasteiger partial charge < -0.3 is 19.3 Å². The molecule has 1 atom stereocenters. The van der Waals surface area contributed by atoms with Crippen LogP contribution in [0.4, 0.5) is 0 Å². The Kier molecular flexibility index (Phi) is 6.50. The highest BCUT2D eigenvalue weighted by Gasteiger charge is 2.23. The minimum Gasteiger partial charge on any atom is -0.483 e. The number of rotatable bonds is 6. The summed E-state index contributed by atoms with van der Waals surface area (Å²) in [7, 11) is 1.76. The standard InChI is InChI=1S/C17H22N6O.CH2O2/c1-24-10-9-21-7-5-14(11-21)12-22-8-6-18-17(22)15-3-2-4-16-19-13-20-23(15)16;2-1-3/h2-4,6,8,13-14H,5,7,9-12H2,1H3;1H,(H,2,3). The van der Waals surface area contributed by atoms with E-state index in [1.807, 2.05) is 28.9 Å². The zero-order valence-corrected chi connectivity index (χ0v) is 15.3. The van der Waals surface area contributed by atoms with E-state index >= 15 is 0 Å². The molecule has 0 radical (unpaired) electrons. The van der Waals surface area contributed by atoms with Gasteiger partial charge in [-0.05, 0) is 31.0 Å². The first-order valence-corrected chi connectivity index (χ1v) is 8.86. The van der Waals surface area contributed by atoms with Gasteiger partial charge >= 0.3 is 0 Å². The number of carbonyl (C=O) groups is 1. The van der Waals surface area contributed by atoms with E-state index in [-0.39, 0.29) is 6.47 Å². The highest BCUT2D eigenvalue weighted by Crippen LogP contribution is 2.23. The van der Waals surface area contributed by atoms with Gasteiger partial charge in [-0.1, -0.05) is 6.07 Å². The normalized spacial score (nSPS) is 17.0. The molecule has 9 heteroatoms. The third kappa shape index (κ3) is 4.50. The van der Waals surface area contributed by atoms with Crippen molar-refractivity contribution in [1.82, 2.24) is 29.0 Å². The molecule has 1 N–H and O–H groups in total. The van der Waals surface area contributed by atoms with Crippen LogP contribution >= 0.6 is 0 Å². The summed E-state index contributed by atoms with van der Waals surface area (Å²) in [5.74, 6) is 1.59. The molecule has 3 aromatic rings. The molecule has 0 bridgehead atoms. The van der Waals surface area contributed by atoms with E-state index in [2.05, 4.69) is 30.7 Å². The summed E-state index contributed by atoms with van der Waals surface area (Å²) in [4.78, 5) is 19.7. The van der Waals surface area contributed by atoms with E-state index in [0.29, 0.717) is 5.92 Å². The van der Waals surface area contributed by atoms with Gasteiger partial charge in [0.05, 0.1) is 6.61 Å². The molecule has 144 valence electrons. The third-order valence-corrected chi connectivity index (χ3v) is 4.68. The number of hydrogen-bond acceptors (Lipinski definition) is 6.